The summed E-state index contributed by atoms with van der Waals surface area (Å²) in [5, 5.41) is 18.7. The minimum atomic E-state index is -0.474. The Hall–Kier alpha value is -2.49. The topological polar surface area (TPSA) is 66.8 Å². The first-order chi connectivity index (χ1) is 8.61. The van der Waals surface area contributed by atoms with Crippen LogP contribution >= 0.6 is 0 Å². The lowest BCUT2D eigenvalue weighted by Crippen LogP contribution is -2.03. The molecule has 0 aromatic heterocycles. The van der Waals surface area contributed by atoms with E-state index < -0.39 is 5.97 Å². The van der Waals surface area contributed by atoms with E-state index in [9.17, 15) is 15.0 Å². The molecule has 0 spiro atoms. The molecule has 0 aliphatic rings. The second kappa shape index (κ2) is 4.79. The summed E-state index contributed by atoms with van der Waals surface area (Å²) in [5.74, 6) is -0.276. The molecule has 0 unspecified atom stereocenters. The Kier molecular flexibility index (Phi) is 3.19. The molecule has 2 aromatic rings. The zero-order valence-corrected chi connectivity index (χ0v) is 9.75. The predicted molar refractivity (Wildman–Crippen MR) is 66.5 cm³/mol. The highest BCUT2D eigenvalue weighted by Crippen LogP contribution is 2.29. The van der Waals surface area contributed by atoms with Crippen LogP contribution < -0.4 is 0 Å². The minimum absolute atomic E-state index is 0.0609. The third-order valence-electron chi connectivity index (χ3n) is 2.59. The van der Waals surface area contributed by atoms with Crippen molar-refractivity contribution in [2.75, 3.05) is 7.11 Å². The van der Waals surface area contributed by atoms with Gasteiger partial charge in [-0.1, -0.05) is 12.1 Å². The van der Waals surface area contributed by atoms with Crippen molar-refractivity contribution < 1.29 is 19.7 Å². The number of carbonyl (C=O) groups excluding carboxylic acids is 1. The number of rotatable bonds is 2. The number of phenolic OH excluding ortho intramolecular Hbond substituents is 2. The maximum absolute atomic E-state index is 11.6. The molecule has 0 bridgehead atoms. The maximum atomic E-state index is 11.6. The number of carbonyl (C=O) groups is 1. The Labute approximate surface area is 104 Å². The van der Waals surface area contributed by atoms with E-state index in [1.165, 1.54) is 37.4 Å². The highest BCUT2D eigenvalue weighted by molar-refractivity contribution is 5.97. The molecule has 0 aliphatic carbocycles. The van der Waals surface area contributed by atoms with Crippen LogP contribution in [0.5, 0.6) is 11.5 Å². The number of ether oxygens (including phenoxy) is 1. The number of methoxy groups -OCH3 is 1. The van der Waals surface area contributed by atoms with Crippen LogP contribution in [-0.4, -0.2) is 23.3 Å². The molecule has 0 aliphatic heterocycles. The summed E-state index contributed by atoms with van der Waals surface area (Å²) in [7, 11) is 1.30. The molecule has 0 heterocycles. The first-order valence-electron chi connectivity index (χ1n) is 5.32. The molecule has 2 rings (SSSR count). The molecule has 18 heavy (non-hydrogen) atoms. The Bertz CT molecular complexity index is 573. The van der Waals surface area contributed by atoms with Crippen molar-refractivity contribution in [2.24, 2.45) is 0 Å². The average Bonchev–Trinajstić information content (AvgIpc) is 2.38. The van der Waals surface area contributed by atoms with Crippen molar-refractivity contribution in [3.05, 3.63) is 48.0 Å². The summed E-state index contributed by atoms with van der Waals surface area (Å²) in [6.07, 6.45) is 0. The van der Waals surface area contributed by atoms with Gasteiger partial charge in [0.2, 0.25) is 0 Å². The normalized spacial score (nSPS) is 10.1. The number of hydrogen-bond donors (Lipinski definition) is 2. The van der Waals surface area contributed by atoms with Gasteiger partial charge in [-0.3, -0.25) is 0 Å². The summed E-state index contributed by atoms with van der Waals surface area (Å²) in [4.78, 5) is 11.6. The first-order valence-corrected chi connectivity index (χ1v) is 5.32. The molecule has 2 aromatic carbocycles. The van der Waals surface area contributed by atoms with Crippen LogP contribution in [0.4, 0.5) is 0 Å². The molecule has 0 amide bonds. The Morgan fingerprint density at radius 1 is 1.00 bits per heavy atom. The molecular weight excluding hydrogens is 232 g/mol. The number of aromatic hydroxyl groups is 2. The van der Waals surface area contributed by atoms with Gasteiger partial charge in [0.15, 0.2) is 0 Å². The van der Waals surface area contributed by atoms with E-state index in [0.29, 0.717) is 16.7 Å². The van der Waals surface area contributed by atoms with Crippen molar-refractivity contribution in [2.45, 2.75) is 0 Å². The Morgan fingerprint density at radius 2 is 1.61 bits per heavy atom. The van der Waals surface area contributed by atoms with Crippen LogP contribution in [0.25, 0.3) is 11.1 Å². The third kappa shape index (κ3) is 2.27. The molecule has 2 N–H and O–H groups in total. The van der Waals surface area contributed by atoms with E-state index in [2.05, 4.69) is 0 Å². The number of phenols is 2. The molecular formula is C14H12O4. The van der Waals surface area contributed by atoms with E-state index in [4.69, 9.17) is 4.74 Å². The fourth-order valence-electron chi connectivity index (χ4n) is 1.70. The second-order valence-corrected chi connectivity index (χ2v) is 3.77. The van der Waals surface area contributed by atoms with Crippen LogP contribution in [-0.2, 0) is 4.74 Å². The standard InChI is InChI=1S/C14H12O4/c1-18-14(17)12-7-6-11(16)8-13(12)9-2-4-10(15)5-3-9/h2-8,15-16H,1H3. The summed E-state index contributed by atoms with van der Waals surface area (Å²) in [5.41, 5.74) is 1.63. The zero-order chi connectivity index (χ0) is 13.1. The van der Waals surface area contributed by atoms with Gasteiger partial charge in [0.1, 0.15) is 11.5 Å². The van der Waals surface area contributed by atoms with Crippen molar-refractivity contribution >= 4 is 5.97 Å². The van der Waals surface area contributed by atoms with Crippen LogP contribution in [0.3, 0.4) is 0 Å². The van der Waals surface area contributed by atoms with Gasteiger partial charge in [-0.05, 0) is 41.5 Å². The van der Waals surface area contributed by atoms with Gasteiger partial charge in [0, 0.05) is 0 Å². The molecule has 0 radical (unpaired) electrons. The third-order valence-corrected chi connectivity index (χ3v) is 2.59. The van der Waals surface area contributed by atoms with Crippen LogP contribution in [0.15, 0.2) is 42.5 Å². The summed E-state index contributed by atoms with van der Waals surface area (Å²) in [6, 6.07) is 10.8. The molecule has 0 saturated heterocycles. The fraction of sp³-hybridized carbons (Fsp3) is 0.0714. The van der Waals surface area contributed by atoms with Gasteiger partial charge >= 0.3 is 5.97 Å². The van der Waals surface area contributed by atoms with Gasteiger partial charge in [0.05, 0.1) is 12.7 Å². The van der Waals surface area contributed by atoms with E-state index >= 15 is 0 Å². The Balaban J connectivity index is 2.57. The van der Waals surface area contributed by atoms with Crippen LogP contribution in [0.2, 0.25) is 0 Å². The SMILES string of the molecule is COC(=O)c1ccc(O)cc1-c1ccc(O)cc1. The smallest absolute Gasteiger partial charge is 0.338 e. The average molecular weight is 244 g/mol. The van der Waals surface area contributed by atoms with Gasteiger partial charge < -0.3 is 14.9 Å². The molecule has 92 valence electrons. The van der Waals surface area contributed by atoms with Crippen molar-refractivity contribution in [1.82, 2.24) is 0 Å². The summed E-state index contributed by atoms with van der Waals surface area (Å²) < 4.78 is 4.69. The van der Waals surface area contributed by atoms with Crippen LogP contribution in [0, 0.1) is 0 Å². The molecule has 0 fully saturated rings. The lowest BCUT2D eigenvalue weighted by atomic mass is 9.99. The van der Waals surface area contributed by atoms with Gasteiger partial charge in [0.25, 0.3) is 0 Å². The fourth-order valence-corrected chi connectivity index (χ4v) is 1.70. The number of hydrogen-bond acceptors (Lipinski definition) is 4. The lowest BCUT2D eigenvalue weighted by molar-refractivity contribution is 0.0601. The summed E-state index contributed by atoms with van der Waals surface area (Å²) in [6.45, 7) is 0. The second-order valence-electron chi connectivity index (χ2n) is 3.77. The molecule has 0 saturated carbocycles. The number of benzene rings is 2. The quantitative estimate of drug-likeness (QED) is 0.797. The lowest BCUT2D eigenvalue weighted by Gasteiger charge is -2.08. The number of esters is 1. The van der Waals surface area contributed by atoms with E-state index in [-0.39, 0.29) is 11.5 Å². The first kappa shape index (κ1) is 12.0. The summed E-state index contributed by atoms with van der Waals surface area (Å²) >= 11 is 0. The van der Waals surface area contributed by atoms with E-state index in [1.807, 2.05) is 0 Å². The van der Waals surface area contributed by atoms with Crippen molar-refractivity contribution in [3.63, 3.8) is 0 Å². The predicted octanol–water partition coefficient (Wildman–Crippen LogP) is 2.55. The highest BCUT2D eigenvalue weighted by atomic mass is 16.5. The van der Waals surface area contributed by atoms with E-state index in [1.54, 1.807) is 12.1 Å². The maximum Gasteiger partial charge on any atom is 0.338 e. The van der Waals surface area contributed by atoms with Gasteiger partial charge in [-0.15, -0.1) is 0 Å². The molecule has 4 heteroatoms. The highest BCUT2D eigenvalue weighted by Gasteiger charge is 2.13. The van der Waals surface area contributed by atoms with Crippen molar-refractivity contribution in [1.29, 1.82) is 0 Å². The van der Waals surface area contributed by atoms with E-state index in [0.717, 1.165) is 0 Å². The Morgan fingerprint density at radius 3 is 2.22 bits per heavy atom. The molecule has 0 atom stereocenters. The van der Waals surface area contributed by atoms with Gasteiger partial charge in [-0.2, -0.15) is 0 Å². The monoisotopic (exact) mass is 244 g/mol. The van der Waals surface area contributed by atoms with Gasteiger partial charge in [-0.25, -0.2) is 4.79 Å². The minimum Gasteiger partial charge on any atom is -0.508 e. The van der Waals surface area contributed by atoms with Crippen molar-refractivity contribution in [3.8, 4) is 22.6 Å². The molecule has 4 nitrogen and oxygen atoms in total. The zero-order valence-electron chi connectivity index (χ0n) is 9.75. The van der Waals surface area contributed by atoms with Crippen LogP contribution in [0.1, 0.15) is 10.4 Å². The largest absolute Gasteiger partial charge is 0.508 e.